The molecular formula is C27H23O2OsP+. The van der Waals surface area contributed by atoms with Crippen molar-refractivity contribution in [2.45, 2.75) is 0 Å². The van der Waals surface area contributed by atoms with Gasteiger partial charge in [0.05, 0.1) is 0 Å². The van der Waals surface area contributed by atoms with Crippen LogP contribution in [0.2, 0.25) is 0 Å². The van der Waals surface area contributed by atoms with Crippen molar-refractivity contribution in [3.8, 4) is 4.37 Å². The Morgan fingerprint density at radius 2 is 1.29 bits per heavy atom. The summed E-state index contributed by atoms with van der Waals surface area (Å²) in [4.78, 5) is 11.9. The van der Waals surface area contributed by atoms with Crippen LogP contribution in [-0.2, 0) is 27.5 Å². The van der Waals surface area contributed by atoms with E-state index in [-0.39, 0.29) is 0 Å². The summed E-state index contributed by atoms with van der Waals surface area (Å²) in [5, 5.41) is 4.69. The second kappa shape index (κ2) is 11.0. The van der Waals surface area contributed by atoms with Crippen LogP contribution in [0.4, 0.5) is 0 Å². The molecule has 0 aliphatic rings. The molecular weight excluding hydrogens is 577 g/mol. The zero-order valence-electron chi connectivity index (χ0n) is 17.2. The Morgan fingerprint density at radius 1 is 0.871 bits per heavy atom. The van der Waals surface area contributed by atoms with E-state index < -0.39 is 13.2 Å². The third-order valence-electron chi connectivity index (χ3n) is 4.91. The zero-order chi connectivity index (χ0) is 22.1. The van der Waals surface area contributed by atoms with E-state index in [9.17, 15) is 4.79 Å². The molecule has 0 N–H and O–H groups in total. The summed E-state index contributed by atoms with van der Waals surface area (Å²) in [6.45, 7) is 4.54. The van der Waals surface area contributed by atoms with E-state index in [2.05, 4.69) is 83.7 Å². The maximum absolute atomic E-state index is 11.9. The van der Waals surface area contributed by atoms with Crippen LogP contribution in [0.15, 0.2) is 127 Å². The number of rotatable bonds is 7. The van der Waals surface area contributed by atoms with Crippen LogP contribution in [0.1, 0.15) is 0 Å². The average molecular weight is 601 g/mol. The van der Waals surface area contributed by atoms with Crippen LogP contribution in [-0.4, -0.2) is 13.1 Å². The third-order valence-corrected chi connectivity index (χ3v) is 9.83. The first kappa shape index (κ1) is 22.9. The summed E-state index contributed by atoms with van der Waals surface area (Å²) < 4.78 is 7.72. The number of allylic oxidation sites excluding steroid dienone is 4. The van der Waals surface area contributed by atoms with Crippen molar-refractivity contribution in [2.75, 3.05) is 7.11 Å². The molecule has 0 saturated carbocycles. The Balaban J connectivity index is 2.22. The first-order chi connectivity index (χ1) is 15.1. The van der Waals surface area contributed by atoms with Gasteiger partial charge in [-0.25, -0.2) is 0 Å². The fourth-order valence-electron chi connectivity index (χ4n) is 3.51. The number of benzene rings is 3. The third kappa shape index (κ3) is 4.93. The molecule has 155 valence electrons. The topological polar surface area (TPSA) is 26.3 Å². The molecule has 31 heavy (non-hydrogen) atoms. The molecule has 0 spiro atoms. The van der Waals surface area contributed by atoms with E-state index in [1.54, 1.807) is 6.08 Å². The van der Waals surface area contributed by atoms with Gasteiger partial charge in [-0.2, -0.15) is 0 Å². The monoisotopic (exact) mass is 602 g/mol. The molecule has 0 saturated heterocycles. The number of esters is 1. The molecule has 3 rings (SSSR count). The van der Waals surface area contributed by atoms with E-state index in [0.29, 0.717) is 5.57 Å². The number of hydrogen-bond acceptors (Lipinski definition) is 2. The van der Waals surface area contributed by atoms with E-state index in [1.807, 2.05) is 30.4 Å². The van der Waals surface area contributed by atoms with E-state index in [4.69, 9.17) is 4.74 Å². The van der Waals surface area contributed by atoms with Gasteiger partial charge in [-0.3, -0.25) is 0 Å². The minimum absolute atomic E-state index is 0.396. The molecule has 3 aromatic rings. The molecule has 0 amide bonds. The van der Waals surface area contributed by atoms with Gasteiger partial charge in [0.15, 0.2) is 0 Å². The van der Waals surface area contributed by atoms with Crippen molar-refractivity contribution >= 4 is 29.1 Å². The number of ether oxygens (including phenoxy) is 1. The van der Waals surface area contributed by atoms with Crippen LogP contribution in [0.3, 0.4) is 0 Å². The maximum atomic E-state index is 11.9. The van der Waals surface area contributed by atoms with Gasteiger partial charge in [0.2, 0.25) is 0 Å². The Morgan fingerprint density at radius 3 is 1.65 bits per heavy atom. The van der Waals surface area contributed by atoms with Crippen LogP contribution >= 0.6 is 7.26 Å². The van der Waals surface area contributed by atoms with Crippen molar-refractivity contribution in [3.63, 3.8) is 0 Å². The normalized spacial score (nSPS) is 11.7. The van der Waals surface area contributed by atoms with Gasteiger partial charge < -0.3 is 0 Å². The predicted molar refractivity (Wildman–Crippen MR) is 127 cm³/mol. The van der Waals surface area contributed by atoms with Crippen LogP contribution in [0.5, 0.6) is 0 Å². The molecule has 0 aromatic heterocycles. The van der Waals surface area contributed by atoms with Crippen molar-refractivity contribution < 1.29 is 27.5 Å². The Kier molecular flexibility index (Phi) is 8.11. The fraction of sp³-hybridized carbons (Fsp3) is 0.0370. The molecule has 0 bridgehead atoms. The average Bonchev–Trinajstić information content (AvgIpc) is 2.84. The van der Waals surface area contributed by atoms with Crippen molar-refractivity contribution in [3.05, 3.63) is 127 Å². The van der Waals surface area contributed by atoms with Crippen LogP contribution in [0, 0.1) is 4.37 Å². The number of carbonyl (C=O) groups is 1. The molecule has 0 unspecified atom stereocenters. The molecule has 0 fully saturated rings. The Bertz CT molecular complexity index is 1050. The molecule has 3 aromatic carbocycles. The van der Waals surface area contributed by atoms with Crippen molar-refractivity contribution in [1.82, 2.24) is 0 Å². The summed E-state index contributed by atoms with van der Waals surface area (Å²) in [6.07, 6.45) is 5.59. The first-order valence-electron chi connectivity index (χ1n) is 9.72. The standard InChI is InChI=1S/C27H23O2P.Os/c1-22(27(28)29-3)14-13-15-23(2)30(24-16-7-4-8-17-24,25-18-9-5-10-19-25)26-20-11-6-12-21-26;/h4-21H,2H2,3H3;/q+1;/b15-13?,22-14+;. The van der Waals surface area contributed by atoms with Gasteiger partial charge in [0.1, 0.15) is 0 Å². The van der Waals surface area contributed by atoms with Crippen molar-refractivity contribution in [1.29, 1.82) is 0 Å². The van der Waals surface area contributed by atoms with Crippen LogP contribution < -0.4 is 15.9 Å². The second-order valence-electron chi connectivity index (χ2n) is 6.69. The molecule has 0 aliphatic heterocycles. The molecule has 0 radical (unpaired) electrons. The van der Waals surface area contributed by atoms with Gasteiger partial charge in [0.25, 0.3) is 0 Å². The van der Waals surface area contributed by atoms with Gasteiger partial charge in [-0.1, -0.05) is 0 Å². The number of carbonyl (C=O) groups excluding carboxylic acids is 1. The number of methoxy groups -OCH3 is 1. The molecule has 4 heteroatoms. The first-order valence-corrected chi connectivity index (χ1v) is 12.8. The fourth-order valence-corrected chi connectivity index (χ4v) is 8.04. The van der Waals surface area contributed by atoms with E-state index in [1.165, 1.54) is 41.0 Å². The SMILES string of the molecule is C=C(C=C/C=C(\[C]#[Os])C(=O)OC)[P+](c1ccccc1)(c1ccccc1)c1ccccc1. The molecule has 0 heterocycles. The Hall–Kier alpha value is -2.80. The summed E-state index contributed by atoms with van der Waals surface area (Å²) in [5.41, 5.74) is 0.396. The summed E-state index contributed by atoms with van der Waals surface area (Å²) in [6, 6.07) is 31.6. The summed E-state index contributed by atoms with van der Waals surface area (Å²) in [5.74, 6) is -0.402. The second-order valence-corrected chi connectivity index (χ2v) is 10.8. The van der Waals surface area contributed by atoms with E-state index >= 15 is 0 Å². The molecule has 0 atom stereocenters. The molecule has 2 nitrogen and oxygen atoms in total. The summed E-state index contributed by atoms with van der Waals surface area (Å²) >= 11 is 1.49. The van der Waals surface area contributed by atoms with Gasteiger partial charge in [-0.05, 0) is 0 Å². The van der Waals surface area contributed by atoms with Gasteiger partial charge in [0, 0.05) is 0 Å². The van der Waals surface area contributed by atoms with Gasteiger partial charge >= 0.3 is 195 Å². The predicted octanol–water partition coefficient (Wildman–Crippen LogP) is 4.66. The minimum atomic E-state index is -2.19. The molecule has 0 aliphatic carbocycles. The van der Waals surface area contributed by atoms with Gasteiger partial charge in [-0.15, -0.1) is 0 Å². The van der Waals surface area contributed by atoms with E-state index in [0.717, 1.165) is 5.31 Å². The Labute approximate surface area is 194 Å². The van der Waals surface area contributed by atoms with Crippen molar-refractivity contribution in [2.24, 2.45) is 0 Å². The zero-order valence-corrected chi connectivity index (χ0v) is 20.7. The van der Waals surface area contributed by atoms with Crippen LogP contribution in [0.25, 0.3) is 0 Å². The number of hydrogen-bond donors (Lipinski definition) is 0. The summed E-state index contributed by atoms with van der Waals surface area (Å²) in [7, 11) is -0.818. The quantitative estimate of drug-likeness (QED) is 0.171.